The number of H-pyrrole nitrogens is 2. The number of aromatic nitrogens is 3. The molecule has 3 rings (SSSR count). The quantitative estimate of drug-likeness (QED) is 0.314. The summed E-state index contributed by atoms with van der Waals surface area (Å²) in [6, 6.07) is 14.5. The van der Waals surface area contributed by atoms with E-state index in [9.17, 15) is 14.4 Å². The lowest BCUT2D eigenvalue weighted by Gasteiger charge is -2.07. The van der Waals surface area contributed by atoms with Crippen LogP contribution in [0.3, 0.4) is 0 Å². The van der Waals surface area contributed by atoms with E-state index in [-0.39, 0.29) is 12.4 Å². The predicted molar refractivity (Wildman–Crippen MR) is 112 cm³/mol. The molecule has 11 heteroatoms. The topological polar surface area (TPSA) is 141 Å². The van der Waals surface area contributed by atoms with Gasteiger partial charge in [0.05, 0.1) is 12.8 Å². The fourth-order valence-corrected chi connectivity index (χ4v) is 2.51. The maximum absolute atomic E-state index is 11.8. The normalized spacial score (nSPS) is 10.7. The monoisotopic (exact) mass is 428 g/mol. The lowest BCUT2D eigenvalue weighted by molar-refractivity contribution is -0.119. The number of carbonyl (C=O) groups excluding carboxylic acids is 1. The van der Waals surface area contributed by atoms with Crippen molar-refractivity contribution in [3.05, 3.63) is 85.5 Å². The third kappa shape index (κ3) is 6.31. The second-order valence-electron chi connectivity index (χ2n) is 5.99. The Hall–Kier alpha value is -3.92. The number of nitrogens with one attached hydrogen (secondary N) is 4. The zero-order chi connectivity index (χ0) is 21.3. The smallest absolute Gasteiger partial charge is 0.342 e. The predicted octanol–water partition coefficient (Wildman–Crippen LogP) is 1.25. The summed E-state index contributed by atoms with van der Waals surface area (Å²) in [6.07, 6.45) is 1.46. The summed E-state index contributed by atoms with van der Waals surface area (Å²) in [5.74, 6) is 0.00111. The van der Waals surface area contributed by atoms with E-state index in [0.717, 1.165) is 11.1 Å². The molecule has 0 aliphatic carbocycles. The minimum Gasteiger partial charge on any atom is -0.489 e. The highest BCUT2D eigenvalue weighted by atomic mass is 35.5. The first-order chi connectivity index (χ1) is 14.5. The van der Waals surface area contributed by atoms with Crippen molar-refractivity contribution >= 4 is 29.5 Å². The van der Waals surface area contributed by atoms with Crippen LogP contribution in [0.1, 0.15) is 11.1 Å². The SMILES string of the molecule is O=C(CNc1n[nH]c(=O)[nH]c1=O)N/N=C/c1ccc(OCc2cccc(Cl)c2)cc1. The van der Waals surface area contributed by atoms with Crippen LogP contribution in [0, 0.1) is 0 Å². The highest BCUT2D eigenvalue weighted by Gasteiger charge is 2.04. The minimum absolute atomic E-state index is 0.179. The van der Waals surface area contributed by atoms with Gasteiger partial charge in [0.15, 0.2) is 0 Å². The van der Waals surface area contributed by atoms with Gasteiger partial charge < -0.3 is 10.1 Å². The summed E-state index contributed by atoms with van der Waals surface area (Å²) in [7, 11) is 0. The van der Waals surface area contributed by atoms with Gasteiger partial charge in [0.25, 0.3) is 11.5 Å². The van der Waals surface area contributed by atoms with Gasteiger partial charge in [-0.25, -0.2) is 15.3 Å². The molecule has 0 fully saturated rings. The van der Waals surface area contributed by atoms with Crippen LogP contribution in [-0.4, -0.2) is 33.8 Å². The zero-order valence-corrected chi connectivity index (χ0v) is 16.3. The summed E-state index contributed by atoms with van der Waals surface area (Å²) in [5.41, 5.74) is 2.56. The fraction of sp³-hybridized carbons (Fsp3) is 0.105. The molecule has 0 bridgehead atoms. The number of benzene rings is 2. The number of hydrazone groups is 1. The van der Waals surface area contributed by atoms with Crippen LogP contribution in [0.2, 0.25) is 5.02 Å². The highest BCUT2D eigenvalue weighted by molar-refractivity contribution is 6.30. The number of hydrogen-bond donors (Lipinski definition) is 4. The molecule has 0 saturated carbocycles. The molecule has 1 amide bonds. The summed E-state index contributed by atoms with van der Waals surface area (Å²) in [5, 5.41) is 12.5. The Morgan fingerprint density at radius 1 is 1.20 bits per heavy atom. The van der Waals surface area contributed by atoms with E-state index < -0.39 is 17.2 Å². The Labute approximate surface area is 174 Å². The molecule has 3 aromatic rings. The van der Waals surface area contributed by atoms with E-state index in [1.54, 1.807) is 30.3 Å². The van der Waals surface area contributed by atoms with Gasteiger partial charge in [-0.1, -0.05) is 23.7 Å². The van der Waals surface area contributed by atoms with Crippen molar-refractivity contribution < 1.29 is 9.53 Å². The van der Waals surface area contributed by atoms with E-state index in [0.29, 0.717) is 17.4 Å². The van der Waals surface area contributed by atoms with Gasteiger partial charge in [0, 0.05) is 5.02 Å². The molecule has 10 nitrogen and oxygen atoms in total. The second kappa shape index (κ2) is 10.0. The Kier molecular flexibility index (Phi) is 6.95. The number of hydrogen-bond acceptors (Lipinski definition) is 7. The first-order valence-electron chi connectivity index (χ1n) is 8.72. The number of rotatable bonds is 8. The maximum atomic E-state index is 11.8. The first kappa shape index (κ1) is 20.8. The molecule has 0 saturated heterocycles. The molecule has 0 aliphatic heterocycles. The molecule has 154 valence electrons. The maximum Gasteiger partial charge on any atom is 0.342 e. The Morgan fingerprint density at radius 2 is 2.00 bits per heavy atom. The first-order valence-corrected chi connectivity index (χ1v) is 9.09. The van der Waals surface area contributed by atoms with Crippen molar-refractivity contribution in [1.29, 1.82) is 0 Å². The number of halogens is 1. The molecule has 4 N–H and O–H groups in total. The van der Waals surface area contributed by atoms with Crippen LogP contribution in [0.15, 0.2) is 63.2 Å². The number of nitrogens with zero attached hydrogens (tertiary/aromatic N) is 2. The van der Waals surface area contributed by atoms with Crippen molar-refractivity contribution in [2.45, 2.75) is 6.61 Å². The van der Waals surface area contributed by atoms with Crippen LogP contribution in [-0.2, 0) is 11.4 Å². The van der Waals surface area contributed by atoms with Crippen molar-refractivity contribution in [2.75, 3.05) is 11.9 Å². The summed E-state index contributed by atoms with van der Waals surface area (Å²) in [4.78, 5) is 36.1. The molecule has 30 heavy (non-hydrogen) atoms. The molecule has 1 aromatic heterocycles. The van der Waals surface area contributed by atoms with Gasteiger partial charge in [-0.05, 0) is 47.5 Å². The van der Waals surface area contributed by atoms with Crippen molar-refractivity contribution in [3.63, 3.8) is 0 Å². The minimum atomic E-state index is -0.736. The second-order valence-corrected chi connectivity index (χ2v) is 6.43. The zero-order valence-electron chi connectivity index (χ0n) is 15.5. The van der Waals surface area contributed by atoms with Gasteiger partial charge in [0.2, 0.25) is 5.82 Å². The standard InChI is InChI=1S/C19H17ClN6O4/c20-14-3-1-2-13(8-14)11-30-15-6-4-12(5-7-15)9-22-24-16(27)10-21-17-18(28)23-19(29)26-25-17/h1-9H,10-11H2,(H,21,25)(H,24,27)(H2,23,26,28,29)/b22-9+. The fourth-order valence-electron chi connectivity index (χ4n) is 2.29. The number of carbonyl (C=O) groups is 1. The largest absolute Gasteiger partial charge is 0.489 e. The lowest BCUT2D eigenvalue weighted by atomic mass is 10.2. The van der Waals surface area contributed by atoms with Crippen molar-refractivity contribution in [1.82, 2.24) is 20.6 Å². The Balaban J connectivity index is 1.44. The van der Waals surface area contributed by atoms with Crippen LogP contribution < -0.4 is 26.7 Å². The highest BCUT2D eigenvalue weighted by Crippen LogP contribution is 2.15. The van der Waals surface area contributed by atoms with Crippen molar-refractivity contribution in [3.8, 4) is 5.75 Å². The number of anilines is 1. The molecular weight excluding hydrogens is 412 g/mol. The molecule has 2 aromatic carbocycles. The van der Waals surface area contributed by atoms with Gasteiger partial charge >= 0.3 is 5.69 Å². The van der Waals surface area contributed by atoms with Gasteiger partial charge in [-0.3, -0.25) is 14.6 Å². The van der Waals surface area contributed by atoms with E-state index in [2.05, 4.69) is 26.0 Å². The molecule has 0 unspecified atom stereocenters. The Morgan fingerprint density at radius 3 is 2.73 bits per heavy atom. The average molecular weight is 429 g/mol. The number of aromatic amines is 2. The third-order valence-electron chi connectivity index (χ3n) is 3.71. The molecule has 0 aliphatic rings. The van der Waals surface area contributed by atoms with Gasteiger partial charge in [-0.2, -0.15) is 5.10 Å². The Bertz CT molecular complexity index is 1160. The van der Waals surface area contributed by atoms with Crippen LogP contribution >= 0.6 is 11.6 Å². The molecular formula is C19H17ClN6O4. The van der Waals surface area contributed by atoms with Gasteiger partial charge in [0.1, 0.15) is 12.4 Å². The van der Waals surface area contributed by atoms with Crippen molar-refractivity contribution in [2.24, 2.45) is 5.10 Å². The number of amides is 1. The van der Waals surface area contributed by atoms with E-state index in [1.165, 1.54) is 6.21 Å². The summed E-state index contributed by atoms with van der Waals surface area (Å²) in [6.45, 7) is 0.139. The summed E-state index contributed by atoms with van der Waals surface area (Å²) < 4.78 is 5.70. The molecule has 0 atom stereocenters. The van der Waals surface area contributed by atoms with Crippen LogP contribution in [0.25, 0.3) is 0 Å². The lowest BCUT2D eigenvalue weighted by Crippen LogP contribution is -2.31. The molecule has 0 spiro atoms. The van der Waals surface area contributed by atoms with Crippen LogP contribution in [0.5, 0.6) is 5.75 Å². The summed E-state index contributed by atoms with van der Waals surface area (Å²) >= 11 is 5.95. The van der Waals surface area contributed by atoms with E-state index >= 15 is 0 Å². The molecule has 1 heterocycles. The molecule has 0 radical (unpaired) electrons. The van der Waals surface area contributed by atoms with Crippen LogP contribution in [0.4, 0.5) is 5.82 Å². The third-order valence-corrected chi connectivity index (χ3v) is 3.94. The number of ether oxygens (including phenoxy) is 1. The van der Waals surface area contributed by atoms with Gasteiger partial charge in [-0.15, -0.1) is 5.10 Å². The van der Waals surface area contributed by atoms with E-state index in [4.69, 9.17) is 16.3 Å². The average Bonchev–Trinajstić information content (AvgIpc) is 2.73. The van der Waals surface area contributed by atoms with E-state index in [1.807, 2.05) is 23.2 Å².